The quantitative estimate of drug-likeness (QED) is 0.334. The molecule has 162 valence electrons. The van der Waals surface area contributed by atoms with Crippen molar-refractivity contribution in [2.75, 3.05) is 33.6 Å². The Morgan fingerprint density at radius 1 is 1.04 bits per heavy atom. The van der Waals surface area contributed by atoms with E-state index in [9.17, 15) is 4.57 Å². The minimum Gasteiger partial charge on any atom is -0.322 e. The van der Waals surface area contributed by atoms with Gasteiger partial charge < -0.3 is 18.1 Å². The summed E-state index contributed by atoms with van der Waals surface area (Å²) in [6.07, 6.45) is 5.87. The zero-order valence-electron chi connectivity index (χ0n) is 18.3. The molecule has 1 rings (SSSR count). The van der Waals surface area contributed by atoms with Crippen molar-refractivity contribution >= 4 is 16.1 Å². The molecule has 0 N–H and O–H groups in total. The van der Waals surface area contributed by atoms with Crippen LogP contribution in [0.15, 0.2) is 0 Å². The van der Waals surface area contributed by atoms with Gasteiger partial charge in [0.1, 0.15) is 0 Å². The maximum atomic E-state index is 12.4. The molecule has 0 bridgehead atoms. The van der Waals surface area contributed by atoms with Gasteiger partial charge in [0.15, 0.2) is 0 Å². The Hall–Kier alpha value is 0.460. The minimum atomic E-state index is -2.94. The van der Waals surface area contributed by atoms with Crippen LogP contribution in [0.1, 0.15) is 66.7 Å². The van der Waals surface area contributed by atoms with E-state index in [1.807, 2.05) is 0 Å². The molecule has 0 aromatic carbocycles. The Bertz CT molecular complexity index is 434. The van der Waals surface area contributed by atoms with Crippen LogP contribution in [-0.4, -0.2) is 50.3 Å². The summed E-state index contributed by atoms with van der Waals surface area (Å²) in [4.78, 5) is 0. The summed E-state index contributed by atoms with van der Waals surface area (Å²) in [5, 5.41) is 0. The van der Waals surface area contributed by atoms with E-state index in [0.29, 0.717) is 36.7 Å². The van der Waals surface area contributed by atoms with Crippen LogP contribution in [0.25, 0.3) is 0 Å². The maximum Gasteiger partial charge on any atom is 0.330 e. The lowest BCUT2D eigenvalue weighted by Gasteiger charge is -2.37. The largest absolute Gasteiger partial charge is 0.330 e. The number of nitrogens with zero attached hydrogens (tertiary/aromatic N) is 1. The highest BCUT2D eigenvalue weighted by molar-refractivity contribution is 7.53. The summed E-state index contributed by atoms with van der Waals surface area (Å²) in [7, 11) is -1.05. The highest BCUT2D eigenvalue weighted by atomic mass is 31.2. The van der Waals surface area contributed by atoms with Crippen molar-refractivity contribution in [3.63, 3.8) is 0 Å². The molecule has 0 amide bonds. The summed E-state index contributed by atoms with van der Waals surface area (Å²) >= 11 is 0. The third-order valence-electron chi connectivity index (χ3n) is 5.00. The van der Waals surface area contributed by atoms with Crippen LogP contribution in [0.3, 0.4) is 0 Å². The molecule has 0 spiro atoms. The molecule has 0 aromatic heterocycles. The van der Waals surface area contributed by atoms with Crippen molar-refractivity contribution in [1.29, 1.82) is 0 Å². The van der Waals surface area contributed by atoms with Crippen LogP contribution in [-0.2, 0) is 22.7 Å². The van der Waals surface area contributed by atoms with Crippen molar-refractivity contribution in [3.8, 4) is 0 Å². The lowest BCUT2D eigenvalue weighted by atomic mass is 9.83. The van der Waals surface area contributed by atoms with Crippen LogP contribution in [0.2, 0.25) is 0 Å². The van der Waals surface area contributed by atoms with Crippen LogP contribution >= 0.6 is 16.1 Å². The van der Waals surface area contributed by atoms with E-state index in [-0.39, 0.29) is 0 Å². The number of hydrogen-bond acceptors (Lipinski definition) is 6. The fourth-order valence-corrected chi connectivity index (χ4v) is 6.93. The predicted molar refractivity (Wildman–Crippen MR) is 113 cm³/mol. The van der Waals surface area contributed by atoms with Gasteiger partial charge in [0.2, 0.25) is 0 Å². The van der Waals surface area contributed by atoms with E-state index < -0.39 is 16.1 Å². The predicted octanol–water partition coefficient (Wildman–Crippen LogP) is 6.07. The van der Waals surface area contributed by atoms with Gasteiger partial charge in [-0.15, -0.1) is 0 Å². The van der Waals surface area contributed by atoms with Crippen LogP contribution in [0.4, 0.5) is 0 Å². The summed E-state index contributed by atoms with van der Waals surface area (Å²) in [6, 6.07) is 0.753. The van der Waals surface area contributed by atoms with Crippen molar-refractivity contribution in [1.82, 2.24) is 4.67 Å². The number of rotatable bonds is 13. The molecule has 0 radical (unpaired) electrons. The molecule has 0 aromatic rings. The first-order valence-electron chi connectivity index (χ1n) is 10.3. The van der Waals surface area contributed by atoms with Gasteiger partial charge in [0, 0.05) is 26.3 Å². The third kappa shape index (κ3) is 8.78. The SMILES string of the molecule is CCCOP(OCC1CCCC(CP(=O)(OC)OC)C1)N(C(C)C)C(C)C. The molecule has 3 atom stereocenters. The smallest absolute Gasteiger partial charge is 0.322 e. The van der Waals surface area contributed by atoms with Gasteiger partial charge in [-0.25, -0.2) is 4.67 Å². The number of hydrogen-bond donors (Lipinski definition) is 0. The molecule has 27 heavy (non-hydrogen) atoms. The fraction of sp³-hybridized carbons (Fsp3) is 1.00. The first-order chi connectivity index (χ1) is 12.8. The first-order valence-corrected chi connectivity index (χ1v) is 13.2. The molecule has 0 heterocycles. The maximum absolute atomic E-state index is 12.4. The summed E-state index contributed by atoms with van der Waals surface area (Å²) < 4.78 is 37.5. The molecule has 8 heteroatoms. The third-order valence-corrected chi connectivity index (χ3v) is 9.15. The Kier molecular flexibility index (Phi) is 12.2. The van der Waals surface area contributed by atoms with Gasteiger partial charge in [-0.05, 0) is 65.2 Å². The molecular weight excluding hydrogens is 384 g/mol. The molecule has 3 unspecified atom stereocenters. The van der Waals surface area contributed by atoms with Crippen LogP contribution in [0, 0.1) is 11.8 Å². The molecule has 1 saturated carbocycles. The van der Waals surface area contributed by atoms with E-state index in [1.54, 1.807) is 0 Å². The second-order valence-electron chi connectivity index (χ2n) is 7.99. The van der Waals surface area contributed by atoms with E-state index in [1.165, 1.54) is 14.2 Å². The minimum absolute atomic E-state index is 0.368. The van der Waals surface area contributed by atoms with Crippen molar-refractivity contribution in [3.05, 3.63) is 0 Å². The molecule has 6 nitrogen and oxygen atoms in total. The average Bonchev–Trinajstić information content (AvgIpc) is 2.63. The standard InChI is InChI=1S/C19H41NO5P2/c1-8-12-24-26(20(16(2)3)17(4)5)25-14-18-10-9-11-19(13-18)15-27(21,22-6)23-7/h16-19H,8-15H2,1-7H3. The second-order valence-corrected chi connectivity index (χ2v) is 11.8. The van der Waals surface area contributed by atoms with Gasteiger partial charge >= 0.3 is 7.60 Å². The Morgan fingerprint density at radius 3 is 2.15 bits per heavy atom. The molecular formula is C19H41NO5P2. The zero-order chi connectivity index (χ0) is 20.4. The van der Waals surface area contributed by atoms with E-state index in [4.69, 9.17) is 18.1 Å². The highest BCUT2D eigenvalue weighted by Gasteiger charge is 2.32. The van der Waals surface area contributed by atoms with Gasteiger partial charge in [-0.2, -0.15) is 0 Å². The molecule has 1 aliphatic rings. The lowest BCUT2D eigenvalue weighted by molar-refractivity contribution is 0.133. The van der Waals surface area contributed by atoms with E-state index >= 15 is 0 Å². The van der Waals surface area contributed by atoms with E-state index in [0.717, 1.165) is 38.7 Å². The van der Waals surface area contributed by atoms with Crippen molar-refractivity contribution in [2.45, 2.75) is 78.8 Å². The normalized spacial score (nSPS) is 22.7. The summed E-state index contributed by atoms with van der Waals surface area (Å²) in [5.74, 6) is 0.842. The lowest BCUT2D eigenvalue weighted by Crippen LogP contribution is -2.34. The van der Waals surface area contributed by atoms with Gasteiger partial charge in [0.25, 0.3) is 8.53 Å². The fourth-order valence-electron chi connectivity index (χ4n) is 3.74. The monoisotopic (exact) mass is 425 g/mol. The Morgan fingerprint density at radius 2 is 1.63 bits per heavy atom. The zero-order valence-corrected chi connectivity index (χ0v) is 20.1. The highest BCUT2D eigenvalue weighted by Crippen LogP contribution is 2.51. The molecule has 0 saturated heterocycles. The topological polar surface area (TPSA) is 57.2 Å². The van der Waals surface area contributed by atoms with Crippen molar-refractivity contribution in [2.24, 2.45) is 11.8 Å². The second kappa shape index (κ2) is 12.9. The van der Waals surface area contributed by atoms with Crippen LogP contribution < -0.4 is 0 Å². The van der Waals surface area contributed by atoms with Gasteiger partial charge in [-0.1, -0.05) is 13.3 Å². The molecule has 1 aliphatic carbocycles. The Labute approximate surface area is 168 Å². The Balaban J connectivity index is 2.64. The average molecular weight is 425 g/mol. The van der Waals surface area contributed by atoms with Gasteiger partial charge in [-0.3, -0.25) is 4.57 Å². The first kappa shape index (κ1) is 25.5. The van der Waals surface area contributed by atoms with E-state index in [2.05, 4.69) is 39.3 Å². The van der Waals surface area contributed by atoms with Crippen molar-refractivity contribution < 1.29 is 22.7 Å². The summed E-state index contributed by atoms with van der Waals surface area (Å²) in [6.45, 7) is 12.3. The molecule has 0 aliphatic heterocycles. The van der Waals surface area contributed by atoms with Crippen LogP contribution in [0.5, 0.6) is 0 Å². The van der Waals surface area contributed by atoms with Gasteiger partial charge in [0.05, 0.1) is 19.4 Å². The summed E-state index contributed by atoms with van der Waals surface area (Å²) in [5.41, 5.74) is 0. The molecule has 1 fully saturated rings.